The Balaban J connectivity index is 2.20. The lowest BCUT2D eigenvalue weighted by Crippen LogP contribution is -2.30. The van der Waals surface area contributed by atoms with Crippen molar-refractivity contribution in [2.75, 3.05) is 12.4 Å². The third kappa shape index (κ3) is 5.10. The number of hydrogen-bond acceptors (Lipinski definition) is 6. The molecule has 0 saturated heterocycles. The zero-order chi connectivity index (χ0) is 21.7. The Bertz CT molecular complexity index is 939. The number of carbonyl (C=O) groups is 2. The van der Waals surface area contributed by atoms with Crippen LogP contribution in [0.15, 0.2) is 36.4 Å². The molecule has 2 aromatic rings. The van der Waals surface area contributed by atoms with Gasteiger partial charge >= 0.3 is 5.97 Å². The van der Waals surface area contributed by atoms with Gasteiger partial charge in [0.15, 0.2) is 6.10 Å². The smallest absolute Gasteiger partial charge is 0.342 e. The first-order chi connectivity index (χ1) is 13.6. The minimum Gasteiger partial charge on any atom is -0.496 e. The number of amides is 1. The number of nitro benzene ring substituents is 1. The number of carbonyl (C=O) groups excluding carboxylic acids is 2. The Morgan fingerprint density at radius 1 is 1.14 bits per heavy atom. The number of anilines is 1. The summed E-state index contributed by atoms with van der Waals surface area (Å²) in [4.78, 5) is 35.5. The monoisotopic (exact) mass is 400 g/mol. The van der Waals surface area contributed by atoms with E-state index < -0.39 is 22.9 Å². The van der Waals surface area contributed by atoms with Crippen LogP contribution in [0.3, 0.4) is 0 Å². The first-order valence-corrected chi connectivity index (χ1v) is 9.09. The summed E-state index contributed by atoms with van der Waals surface area (Å²) < 4.78 is 10.3. The fraction of sp³-hybridized carbons (Fsp3) is 0.333. The lowest BCUT2D eigenvalue weighted by molar-refractivity contribution is -0.384. The number of hydrogen-bond donors (Lipinski definition) is 1. The molecular weight excluding hydrogens is 376 g/mol. The fourth-order valence-corrected chi connectivity index (χ4v) is 2.81. The Hall–Kier alpha value is -3.42. The van der Waals surface area contributed by atoms with Crippen molar-refractivity contribution in [3.8, 4) is 5.75 Å². The maximum Gasteiger partial charge on any atom is 0.342 e. The van der Waals surface area contributed by atoms with E-state index in [9.17, 15) is 19.7 Å². The van der Waals surface area contributed by atoms with Gasteiger partial charge in [-0.1, -0.05) is 32.0 Å². The molecule has 1 amide bonds. The molecule has 0 aliphatic carbocycles. The van der Waals surface area contributed by atoms with E-state index in [0.717, 1.165) is 17.2 Å². The van der Waals surface area contributed by atoms with Crippen LogP contribution in [-0.2, 0) is 9.53 Å². The first kappa shape index (κ1) is 21.9. The number of ether oxygens (including phenoxy) is 2. The Labute approximate surface area is 169 Å². The minimum absolute atomic E-state index is 0.120. The van der Waals surface area contributed by atoms with Crippen LogP contribution < -0.4 is 10.1 Å². The van der Waals surface area contributed by atoms with E-state index in [2.05, 4.69) is 5.32 Å². The van der Waals surface area contributed by atoms with E-state index in [1.165, 1.54) is 26.2 Å². The van der Waals surface area contributed by atoms with E-state index >= 15 is 0 Å². The van der Waals surface area contributed by atoms with Crippen molar-refractivity contribution in [1.29, 1.82) is 0 Å². The van der Waals surface area contributed by atoms with Gasteiger partial charge in [-0.25, -0.2) is 4.79 Å². The average molecular weight is 400 g/mol. The summed E-state index contributed by atoms with van der Waals surface area (Å²) >= 11 is 0. The van der Waals surface area contributed by atoms with Crippen molar-refractivity contribution >= 4 is 23.3 Å². The highest BCUT2D eigenvalue weighted by Gasteiger charge is 2.24. The van der Waals surface area contributed by atoms with Crippen LogP contribution in [0.2, 0.25) is 0 Å². The highest BCUT2D eigenvalue weighted by atomic mass is 16.6. The summed E-state index contributed by atoms with van der Waals surface area (Å²) in [6.45, 7) is 7.35. The summed E-state index contributed by atoms with van der Waals surface area (Å²) in [6, 6.07) is 9.31. The largest absolute Gasteiger partial charge is 0.496 e. The van der Waals surface area contributed by atoms with Gasteiger partial charge in [-0.15, -0.1) is 0 Å². The van der Waals surface area contributed by atoms with Gasteiger partial charge in [0.1, 0.15) is 11.3 Å². The van der Waals surface area contributed by atoms with Crippen LogP contribution in [0.4, 0.5) is 11.4 Å². The van der Waals surface area contributed by atoms with Crippen molar-refractivity contribution < 1.29 is 24.0 Å². The number of nitrogens with one attached hydrogen (secondary N) is 1. The lowest BCUT2D eigenvalue weighted by atomic mass is 9.98. The molecule has 0 unspecified atom stereocenters. The number of para-hydroxylation sites is 1. The molecule has 8 heteroatoms. The van der Waals surface area contributed by atoms with Gasteiger partial charge in [0.2, 0.25) is 0 Å². The summed E-state index contributed by atoms with van der Waals surface area (Å²) in [5.41, 5.74) is 2.14. The number of aryl methyl sites for hydroxylation is 1. The minimum atomic E-state index is -1.12. The third-order valence-corrected chi connectivity index (χ3v) is 4.44. The number of esters is 1. The number of methoxy groups -OCH3 is 1. The van der Waals surface area contributed by atoms with E-state index in [4.69, 9.17) is 9.47 Å². The highest BCUT2D eigenvalue weighted by Crippen LogP contribution is 2.28. The third-order valence-electron chi connectivity index (χ3n) is 4.44. The van der Waals surface area contributed by atoms with Crippen molar-refractivity contribution in [3.63, 3.8) is 0 Å². The maximum atomic E-state index is 12.6. The number of rotatable bonds is 7. The molecular formula is C21H24N2O6. The van der Waals surface area contributed by atoms with Gasteiger partial charge in [-0.05, 0) is 37.0 Å². The molecule has 2 aromatic carbocycles. The number of non-ortho nitro benzene ring substituents is 1. The molecule has 0 saturated carbocycles. The molecule has 1 N–H and O–H groups in total. The van der Waals surface area contributed by atoms with E-state index in [-0.39, 0.29) is 22.9 Å². The maximum absolute atomic E-state index is 12.6. The molecule has 154 valence electrons. The van der Waals surface area contributed by atoms with Crippen LogP contribution in [-0.4, -0.2) is 30.0 Å². The second-order valence-corrected chi connectivity index (χ2v) is 6.87. The molecule has 0 aliphatic rings. The molecule has 0 aromatic heterocycles. The van der Waals surface area contributed by atoms with Crippen LogP contribution in [0.5, 0.6) is 5.75 Å². The van der Waals surface area contributed by atoms with Crippen LogP contribution in [0.1, 0.15) is 48.2 Å². The van der Waals surface area contributed by atoms with Gasteiger partial charge in [0.25, 0.3) is 11.6 Å². The zero-order valence-corrected chi connectivity index (χ0v) is 17.0. The number of nitrogens with zero attached hydrogens (tertiary/aromatic N) is 1. The predicted octanol–water partition coefficient (Wildman–Crippen LogP) is 4.22. The summed E-state index contributed by atoms with van der Waals surface area (Å²) in [7, 11) is 1.33. The van der Waals surface area contributed by atoms with Gasteiger partial charge in [-0.2, -0.15) is 0 Å². The topological polar surface area (TPSA) is 108 Å². The van der Waals surface area contributed by atoms with Crippen LogP contribution >= 0.6 is 0 Å². The molecule has 2 rings (SSSR count). The SMILES string of the molecule is COc1ccc([N+](=O)[O-])cc1C(=O)O[C@@H](C)C(=O)Nc1c(C)cccc1C(C)C. The van der Waals surface area contributed by atoms with Gasteiger partial charge in [0, 0.05) is 17.8 Å². The molecule has 0 fully saturated rings. The van der Waals surface area contributed by atoms with E-state index in [1.54, 1.807) is 0 Å². The number of nitro groups is 1. The summed E-state index contributed by atoms with van der Waals surface area (Å²) in [6.07, 6.45) is -1.12. The second-order valence-electron chi connectivity index (χ2n) is 6.87. The Morgan fingerprint density at radius 2 is 1.83 bits per heavy atom. The summed E-state index contributed by atoms with van der Waals surface area (Å²) in [5, 5.41) is 13.8. The lowest BCUT2D eigenvalue weighted by Gasteiger charge is -2.19. The molecule has 0 radical (unpaired) electrons. The molecule has 0 spiro atoms. The highest BCUT2D eigenvalue weighted by molar-refractivity contribution is 5.99. The van der Waals surface area contributed by atoms with Crippen LogP contribution in [0.25, 0.3) is 0 Å². The summed E-state index contributed by atoms with van der Waals surface area (Å²) in [5.74, 6) is -1.08. The quantitative estimate of drug-likeness (QED) is 0.423. The van der Waals surface area contributed by atoms with Crippen molar-refractivity contribution in [3.05, 3.63) is 63.2 Å². The second kappa shape index (κ2) is 9.18. The van der Waals surface area contributed by atoms with Gasteiger partial charge < -0.3 is 14.8 Å². The molecule has 0 aliphatic heterocycles. The molecule has 0 bridgehead atoms. The fourth-order valence-electron chi connectivity index (χ4n) is 2.81. The van der Waals surface area contributed by atoms with Gasteiger partial charge in [-0.3, -0.25) is 14.9 Å². The van der Waals surface area contributed by atoms with Crippen molar-refractivity contribution in [2.45, 2.75) is 39.7 Å². The molecule has 8 nitrogen and oxygen atoms in total. The van der Waals surface area contributed by atoms with Crippen LogP contribution in [0, 0.1) is 17.0 Å². The normalized spacial score (nSPS) is 11.7. The van der Waals surface area contributed by atoms with Gasteiger partial charge in [0.05, 0.1) is 12.0 Å². The molecule has 1 atom stereocenters. The van der Waals surface area contributed by atoms with E-state index in [0.29, 0.717) is 5.69 Å². The van der Waals surface area contributed by atoms with Crippen molar-refractivity contribution in [2.24, 2.45) is 0 Å². The number of benzene rings is 2. The molecule has 29 heavy (non-hydrogen) atoms. The standard InChI is InChI=1S/C21H24N2O6/c1-12(2)16-8-6-7-13(3)19(16)22-20(24)14(4)29-21(25)17-11-15(23(26)27)9-10-18(17)28-5/h6-12,14H,1-5H3,(H,22,24)/t14-/m0/s1. The average Bonchev–Trinajstić information content (AvgIpc) is 2.68. The Morgan fingerprint density at radius 3 is 2.41 bits per heavy atom. The van der Waals surface area contributed by atoms with E-state index in [1.807, 2.05) is 39.0 Å². The van der Waals surface area contributed by atoms with Crippen molar-refractivity contribution in [1.82, 2.24) is 0 Å². The zero-order valence-electron chi connectivity index (χ0n) is 17.0. The predicted molar refractivity (Wildman–Crippen MR) is 108 cm³/mol. The Kier molecular flexibility index (Phi) is 6.93. The first-order valence-electron chi connectivity index (χ1n) is 9.09. The molecule has 0 heterocycles.